The van der Waals surface area contributed by atoms with Crippen LogP contribution in [0.2, 0.25) is 0 Å². The van der Waals surface area contributed by atoms with E-state index in [2.05, 4.69) is 93.7 Å². The van der Waals surface area contributed by atoms with Gasteiger partial charge in [-0.2, -0.15) is 0 Å². The van der Waals surface area contributed by atoms with Crippen LogP contribution in [0, 0.1) is 5.92 Å². The van der Waals surface area contributed by atoms with E-state index in [0.29, 0.717) is 18.0 Å². The molecular weight excluding hydrogens is 285 g/mol. The average Bonchev–Trinajstić information content (AvgIpc) is 2.52. The highest BCUT2D eigenvalue weighted by atomic mass is 31.1. The van der Waals surface area contributed by atoms with Gasteiger partial charge in [-0.1, -0.05) is 88.4 Å². The Morgan fingerprint density at radius 1 is 0.773 bits per heavy atom. The molecule has 2 aromatic rings. The van der Waals surface area contributed by atoms with Crippen molar-refractivity contribution in [2.75, 3.05) is 6.16 Å². The molecule has 0 amide bonds. The molecule has 0 spiro atoms. The first kappa shape index (κ1) is 17.2. The Balaban J connectivity index is 2.28. The molecule has 0 unspecified atom stereocenters. The third-order valence-electron chi connectivity index (χ3n) is 3.87. The molecule has 1 nitrogen and oxygen atoms in total. The average molecular weight is 313 g/mol. The number of benzene rings is 2. The molecule has 2 aromatic carbocycles. The Bertz CT molecular complexity index is 497. The van der Waals surface area contributed by atoms with Gasteiger partial charge in [-0.05, 0) is 30.6 Å². The zero-order chi connectivity index (χ0) is 15.9. The fourth-order valence-electron chi connectivity index (χ4n) is 2.66. The van der Waals surface area contributed by atoms with Crippen LogP contribution in [0.1, 0.15) is 27.7 Å². The minimum absolute atomic E-state index is 0.316. The molecule has 0 aromatic heterocycles. The van der Waals surface area contributed by atoms with E-state index < -0.39 is 0 Å². The van der Waals surface area contributed by atoms with Crippen LogP contribution < -0.4 is 15.9 Å². The van der Waals surface area contributed by atoms with Crippen molar-refractivity contribution in [1.29, 1.82) is 0 Å². The van der Waals surface area contributed by atoms with Crippen molar-refractivity contribution in [3.63, 3.8) is 0 Å². The van der Waals surface area contributed by atoms with Crippen molar-refractivity contribution in [1.82, 2.24) is 5.32 Å². The van der Waals surface area contributed by atoms with E-state index in [-0.39, 0.29) is 7.92 Å². The lowest BCUT2D eigenvalue weighted by atomic mass is 10.1. The van der Waals surface area contributed by atoms with E-state index in [0.717, 1.165) is 0 Å². The normalized spacial score (nSPS) is 13.0. The van der Waals surface area contributed by atoms with Gasteiger partial charge in [0.1, 0.15) is 0 Å². The second-order valence-corrected chi connectivity index (χ2v) is 8.71. The van der Waals surface area contributed by atoms with Gasteiger partial charge < -0.3 is 5.32 Å². The minimum atomic E-state index is -0.316. The summed E-state index contributed by atoms with van der Waals surface area (Å²) in [4.78, 5) is 0. The maximum Gasteiger partial charge on any atom is 0.0138 e. The van der Waals surface area contributed by atoms with Gasteiger partial charge in [0.2, 0.25) is 0 Å². The summed E-state index contributed by atoms with van der Waals surface area (Å²) in [5, 5.41) is 6.71. The lowest BCUT2D eigenvalue weighted by Crippen LogP contribution is -2.42. The number of rotatable bonds is 7. The molecule has 0 radical (unpaired) electrons. The molecule has 0 aliphatic rings. The van der Waals surface area contributed by atoms with Crippen LogP contribution in [0.15, 0.2) is 60.7 Å². The predicted molar refractivity (Wildman–Crippen MR) is 101 cm³/mol. The third-order valence-corrected chi connectivity index (χ3v) is 6.47. The second kappa shape index (κ2) is 8.46. The van der Waals surface area contributed by atoms with Crippen LogP contribution in [-0.4, -0.2) is 18.2 Å². The summed E-state index contributed by atoms with van der Waals surface area (Å²) < 4.78 is 0. The van der Waals surface area contributed by atoms with E-state index in [4.69, 9.17) is 0 Å². The molecule has 0 heterocycles. The Labute approximate surface area is 136 Å². The molecule has 2 heteroatoms. The van der Waals surface area contributed by atoms with Gasteiger partial charge in [0.25, 0.3) is 0 Å². The zero-order valence-electron chi connectivity index (χ0n) is 14.2. The standard InChI is InChI=1S/C20H28NP/c1-16(2)20(21-17(3)4)15-22(18-11-7-5-8-12-18)19-13-9-6-10-14-19/h5-14,16-17,20-21H,15H2,1-4H3/t20-/m1/s1. The van der Waals surface area contributed by atoms with Crippen LogP contribution in [0.4, 0.5) is 0 Å². The maximum absolute atomic E-state index is 3.77. The molecule has 0 saturated carbocycles. The highest BCUT2D eigenvalue weighted by Crippen LogP contribution is 2.35. The Morgan fingerprint density at radius 2 is 1.23 bits per heavy atom. The van der Waals surface area contributed by atoms with Crippen LogP contribution in [0.5, 0.6) is 0 Å². The summed E-state index contributed by atoms with van der Waals surface area (Å²) in [6.07, 6.45) is 1.19. The van der Waals surface area contributed by atoms with Crippen molar-refractivity contribution in [3.8, 4) is 0 Å². The van der Waals surface area contributed by atoms with Crippen LogP contribution >= 0.6 is 7.92 Å². The molecule has 1 N–H and O–H groups in total. The van der Waals surface area contributed by atoms with Crippen molar-refractivity contribution in [3.05, 3.63) is 60.7 Å². The van der Waals surface area contributed by atoms with Crippen LogP contribution in [0.25, 0.3) is 0 Å². The van der Waals surface area contributed by atoms with Gasteiger partial charge in [-0.25, -0.2) is 0 Å². The molecule has 22 heavy (non-hydrogen) atoms. The van der Waals surface area contributed by atoms with Gasteiger partial charge in [-0.15, -0.1) is 0 Å². The third kappa shape index (κ3) is 4.93. The highest BCUT2D eigenvalue weighted by molar-refractivity contribution is 7.73. The second-order valence-electron chi connectivity index (χ2n) is 6.45. The Hall–Kier alpha value is -1.17. The largest absolute Gasteiger partial charge is 0.311 e. The molecule has 2 rings (SSSR count). The Kier molecular flexibility index (Phi) is 6.61. The topological polar surface area (TPSA) is 12.0 Å². The van der Waals surface area contributed by atoms with Gasteiger partial charge in [0.15, 0.2) is 0 Å². The predicted octanol–water partition coefficient (Wildman–Crippen LogP) is 4.14. The molecule has 0 aliphatic heterocycles. The number of hydrogen-bond acceptors (Lipinski definition) is 1. The lowest BCUT2D eigenvalue weighted by molar-refractivity contribution is 0.400. The zero-order valence-corrected chi connectivity index (χ0v) is 15.1. The molecule has 0 bridgehead atoms. The van der Waals surface area contributed by atoms with Crippen molar-refractivity contribution in [2.45, 2.75) is 39.8 Å². The van der Waals surface area contributed by atoms with Crippen molar-refractivity contribution < 1.29 is 0 Å². The number of hydrogen-bond donors (Lipinski definition) is 1. The molecule has 1 atom stereocenters. The van der Waals surface area contributed by atoms with Crippen LogP contribution in [-0.2, 0) is 0 Å². The first-order valence-corrected chi connectivity index (χ1v) is 9.74. The molecule has 0 aliphatic carbocycles. The quantitative estimate of drug-likeness (QED) is 0.758. The molecular formula is C20H28NP. The summed E-state index contributed by atoms with van der Waals surface area (Å²) >= 11 is 0. The summed E-state index contributed by atoms with van der Waals surface area (Å²) in [5.74, 6) is 0.639. The molecule has 118 valence electrons. The fourth-order valence-corrected chi connectivity index (χ4v) is 5.36. The van der Waals surface area contributed by atoms with E-state index in [1.54, 1.807) is 0 Å². The number of nitrogens with one attached hydrogen (secondary N) is 1. The van der Waals surface area contributed by atoms with E-state index in [1.807, 2.05) is 0 Å². The van der Waals surface area contributed by atoms with E-state index in [9.17, 15) is 0 Å². The minimum Gasteiger partial charge on any atom is -0.311 e. The maximum atomic E-state index is 3.77. The van der Waals surface area contributed by atoms with Crippen molar-refractivity contribution in [2.24, 2.45) is 5.92 Å². The van der Waals surface area contributed by atoms with Gasteiger partial charge in [-0.3, -0.25) is 0 Å². The van der Waals surface area contributed by atoms with Crippen LogP contribution in [0.3, 0.4) is 0 Å². The highest BCUT2D eigenvalue weighted by Gasteiger charge is 2.22. The SMILES string of the molecule is CC(C)N[C@H](CP(c1ccccc1)c1ccccc1)C(C)C. The first-order chi connectivity index (χ1) is 10.6. The van der Waals surface area contributed by atoms with Gasteiger partial charge >= 0.3 is 0 Å². The Morgan fingerprint density at radius 3 is 1.59 bits per heavy atom. The lowest BCUT2D eigenvalue weighted by Gasteiger charge is -2.30. The summed E-state index contributed by atoms with van der Waals surface area (Å²) in [7, 11) is -0.316. The van der Waals surface area contributed by atoms with E-state index >= 15 is 0 Å². The molecule has 0 fully saturated rings. The van der Waals surface area contributed by atoms with Gasteiger partial charge in [0, 0.05) is 12.1 Å². The summed E-state index contributed by atoms with van der Waals surface area (Å²) in [6, 6.07) is 23.1. The monoisotopic (exact) mass is 313 g/mol. The first-order valence-electron chi connectivity index (χ1n) is 8.21. The molecule has 0 saturated heterocycles. The van der Waals surface area contributed by atoms with Gasteiger partial charge in [0.05, 0.1) is 0 Å². The van der Waals surface area contributed by atoms with Crippen molar-refractivity contribution >= 4 is 18.5 Å². The smallest absolute Gasteiger partial charge is 0.0138 e. The summed E-state index contributed by atoms with van der Waals surface area (Å²) in [6.45, 7) is 9.12. The fraction of sp³-hybridized carbons (Fsp3) is 0.400. The summed E-state index contributed by atoms with van der Waals surface area (Å²) in [5.41, 5.74) is 0. The van der Waals surface area contributed by atoms with E-state index in [1.165, 1.54) is 16.8 Å².